The van der Waals surface area contributed by atoms with Crippen molar-refractivity contribution < 1.29 is 36.2 Å². The van der Waals surface area contributed by atoms with Crippen molar-refractivity contribution >= 4 is 38.3 Å². The molecule has 4 aromatic rings. The van der Waals surface area contributed by atoms with Crippen molar-refractivity contribution in [1.29, 1.82) is 0 Å². The van der Waals surface area contributed by atoms with Crippen LogP contribution in [0.15, 0.2) is 77.7 Å². The summed E-state index contributed by atoms with van der Waals surface area (Å²) < 4.78 is 74.7. The van der Waals surface area contributed by atoms with Gasteiger partial charge in [0, 0.05) is 49.2 Å². The second-order valence-corrected chi connectivity index (χ2v) is 10.3. The lowest BCUT2D eigenvalue weighted by molar-refractivity contribution is -0.141. The first kappa shape index (κ1) is 27.5. The summed E-state index contributed by atoms with van der Waals surface area (Å²) in [5.74, 6) is -0.440. The van der Waals surface area contributed by atoms with Crippen molar-refractivity contribution in [2.45, 2.75) is 17.6 Å². The van der Waals surface area contributed by atoms with Gasteiger partial charge in [0.2, 0.25) is 5.88 Å². The minimum Gasteiger partial charge on any atom is -0.465 e. The van der Waals surface area contributed by atoms with Gasteiger partial charge in [-0.2, -0.15) is 13.2 Å². The molecule has 1 amide bonds. The average molecular weight is 561 g/mol. The molecule has 3 N–H and O–H groups in total. The van der Waals surface area contributed by atoms with Crippen LogP contribution in [0.1, 0.15) is 11.3 Å². The Balaban J connectivity index is 1.63. The van der Waals surface area contributed by atoms with Crippen molar-refractivity contribution in [2.75, 3.05) is 23.7 Å². The van der Waals surface area contributed by atoms with E-state index in [4.69, 9.17) is 9.84 Å². The van der Waals surface area contributed by atoms with E-state index >= 15 is 0 Å². The van der Waals surface area contributed by atoms with Gasteiger partial charge in [0.05, 0.1) is 10.6 Å². The number of fused-ring (bicyclic) bond motifs is 1. The van der Waals surface area contributed by atoms with Gasteiger partial charge in [-0.15, -0.1) is 0 Å². The highest BCUT2D eigenvalue weighted by molar-refractivity contribution is 7.93. The van der Waals surface area contributed by atoms with Gasteiger partial charge < -0.3 is 20.1 Å². The van der Waals surface area contributed by atoms with Gasteiger partial charge >= 0.3 is 12.3 Å². The number of benzene rings is 3. The Bertz CT molecular complexity index is 1640. The summed E-state index contributed by atoms with van der Waals surface area (Å²) >= 11 is 0. The van der Waals surface area contributed by atoms with Gasteiger partial charge in [-0.25, -0.2) is 18.2 Å². The molecular formula is C26H23F3N4O5S. The predicted octanol–water partition coefficient (Wildman–Crippen LogP) is 5.68. The van der Waals surface area contributed by atoms with E-state index in [1.165, 1.54) is 30.3 Å². The zero-order valence-corrected chi connectivity index (χ0v) is 21.5. The summed E-state index contributed by atoms with van der Waals surface area (Å²) in [6.07, 6.45) is -6.22. The monoisotopic (exact) mass is 560 g/mol. The van der Waals surface area contributed by atoms with E-state index in [1.807, 2.05) is 36.4 Å². The largest absolute Gasteiger partial charge is 0.465 e. The summed E-state index contributed by atoms with van der Waals surface area (Å²) in [6, 6.07) is 17.8. The van der Waals surface area contributed by atoms with Gasteiger partial charge in [0.1, 0.15) is 11.4 Å². The van der Waals surface area contributed by atoms with E-state index in [-0.39, 0.29) is 21.9 Å². The number of hydrogen-bond donors (Lipinski definition) is 3. The number of alkyl halides is 3. The number of rotatable bonds is 8. The molecule has 9 nitrogen and oxygen atoms in total. The third-order valence-corrected chi connectivity index (χ3v) is 6.97. The number of nitrogens with one attached hydrogen (secondary N) is 2. The van der Waals surface area contributed by atoms with Crippen molar-refractivity contribution in [3.8, 4) is 11.6 Å². The molecule has 204 valence electrons. The number of halogens is 3. The second-order valence-electron chi connectivity index (χ2n) is 8.61. The fraction of sp³-hybridized carbons (Fsp3) is 0.154. The smallest absolute Gasteiger partial charge is 0.433 e. The Morgan fingerprint density at radius 1 is 1.00 bits per heavy atom. The number of hydrogen-bond acceptors (Lipinski definition) is 6. The van der Waals surface area contributed by atoms with Crippen LogP contribution in [0.3, 0.4) is 0 Å². The molecule has 3 aromatic carbocycles. The molecule has 1 heterocycles. The molecular weight excluding hydrogens is 537 g/mol. The lowest BCUT2D eigenvalue weighted by atomic mass is 10.1. The first-order valence-electron chi connectivity index (χ1n) is 11.4. The molecule has 0 saturated carbocycles. The van der Waals surface area contributed by atoms with E-state index in [2.05, 4.69) is 9.71 Å². The maximum atomic E-state index is 13.3. The Hall–Kier alpha value is -4.52. The lowest BCUT2D eigenvalue weighted by Crippen LogP contribution is -2.20. The first-order chi connectivity index (χ1) is 18.3. The van der Waals surface area contributed by atoms with Gasteiger partial charge in [0.25, 0.3) is 10.0 Å². The quantitative estimate of drug-likeness (QED) is 0.254. The summed E-state index contributed by atoms with van der Waals surface area (Å²) in [4.78, 5) is 16.2. The van der Waals surface area contributed by atoms with Crippen molar-refractivity contribution in [3.63, 3.8) is 0 Å². The van der Waals surface area contributed by atoms with Crippen LogP contribution in [0.5, 0.6) is 11.6 Å². The van der Waals surface area contributed by atoms with Crippen molar-refractivity contribution in [1.82, 2.24) is 10.3 Å². The summed E-state index contributed by atoms with van der Waals surface area (Å²) in [5, 5.41) is 12.0. The van der Waals surface area contributed by atoms with Gasteiger partial charge in [-0.3, -0.25) is 4.72 Å². The zero-order chi connectivity index (χ0) is 28.4. The van der Waals surface area contributed by atoms with E-state index < -0.39 is 40.4 Å². The molecule has 0 aliphatic heterocycles. The normalized spacial score (nSPS) is 11.7. The highest BCUT2D eigenvalue weighted by Crippen LogP contribution is 2.33. The topological polar surface area (TPSA) is 121 Å². The first-order valence-corrected chi connectivity index (χ1v) is 12.9. The lowest BCUT2D eigenvalue weighted by Gasteiger charge is -2.17. The third kappa shape index (κ3) is 6.49. The Labute approximate surface area is 221 Å². The number of sulfonamides is 1. The van der Waals surface area contributed by atoms with Crippen molar-refractivity contribution in [3.05, 3.63) is 84.1 Å². The van der Waals surface area contributed by atoms with Crippen LogP contribution in [0.25, 0.3) is 10.8 Å². The standard InChI is InChI=1S/C26H23F3N4O5S/c1-33(2)21-10-4-9-20-19(21)8-5-11-22(20)39(36,37)32-17-6-3-7-18(14-17)38-24-13-16(15-30-25(34)35)12-23(31-24)26(27,28)29/h3-14,30,32H,15H2,1-2H3,(H,34,35). The van der Waals surface area contributed by atoms with Crippen molar-refractivity contribution in [2.24, 2.45) is 0 Å². The number of pyridine rings is 1. The molecule has 4 rings (SSSR count). The van der Waals surface area contributed by atoms with E-state index in [0.29, 0.717) is 11.5 Å². The van der Waals surface area contributed by atoms with Crippen LogP contribution in [0, 0.1) is 0 Å². The number of anilines is 2. The fourth-order valence-electron chi connectivity index (χ4n) is 3.88. The molecule has 0 unspecified atom stereocenters. The zero-order valence-electron chi connectivity index (χ0n) is 20.7. The number of nitrogens with zero attached hydrogens (tertiary/aromatic N) is 2. The number of amides is 1. The Morgan fingerprint density at radius 2 is 1.69 bits per heavy atom. The average Bonchev–Trinajstić information content (AvgIpc) is 2.86. The van der Waals surface area contributed by atoms with Crippen LogP contribution in [-0.4, -0.2) is 38.7 Å². The van der Waals surface area contributed by atoms with E-state index in [9.17, 15) is 26.4 Å². The molecule has 0 spiro atoms. The Morgan fingerprint density at radius 3 is 2.38 bits per heavy atom. The maximum Gasteiger partial charge on any atom is 0.433 e. The van der Waals surface area contributed by atoms with Gasteiger partial charge in [0.15, 0.2) is 0 Å². The maximum absolute atomic E-state index is 13.3. The second kappa shape index (κ2) is 10.7. The molecule has 0 fully saturated rings. The third-order valence-electron chi connectivity index (χ3n) is 5.53. The highest BCUT2D eigenvalue weighted by atomic mass is 32.2. The van der Waals surface area contributed by atoms with E-state index in [1.54, 1.807) is 18.2 Å². The molecule has 1 aromatic heterocycles. The van der Waals surface area contributed by atoms with Gasteiger partial charge in [-0.1, -0.05) is 30.3 Å². The minimum atomic E-state index is -4.81. The molecule has 13 heteroatoms. The number of ether oxygens (including phenoxy) is 1. The highest BCUT2D eigenvalue weighted by Gasteiger charge is 2.33. The number of carboxylic acid groups (broad SMARTS) is 1. The van der Waals surface area contributed by atoms with Crippen LogP contribution < -0.4 is 19.7 Å². The minimum absolute atomic E-state index is 0.00646. The van der Waals surface area contributed by atoms with Crippen LogP contribution >= 0.6 is 0 Å². The molecule has 0 bridgehead atoms. The molecule has 0 saturated heterocycles. The SMILES string of the molecule is CN(C)c1cccc2c(S(=O)(=O)Nc3cccc(Oc4cc(CNC(=O)O)cc(C(F)(F)F)n4)c3)cccc12. The molecule has 39 heavy (non-hydrogen) atoms. The summed E-state index contributed by atoms with van der Waals surface area (Å²) in [5.41, 5.74) is -0.355. The fourth-order valence-corrected chi connectivity index (χ4v) is 5.15. The Kier molecular flexibility index (Phi) is 7.54. The van der Waals surface area contributed by atoms with Crippen LogP contribution in [0.4, 0.5) is 29.3 Å². The summed E-state index contributed by atoms with van der Waals surface area (Å²) in [6.45, 7) is -0.405. The molecule has 0 radical (unpaired) electrons. The van der Waals surface area contributed by atoms with Gasteiger partial charge in [-0.05, 0) is 35.9 Å². The number of aromatic nitrogens is 1. The van der Waals surface area contributed by atoms with Crippen LogP contribution in [-0.2, 0) is 22.7 Å². The summed E-state index contributed by atoms with van der Waals surface area (Å²) in [7, 11) is -0.369. The molecule has 0 aliphatic carbocycles. The predicted molar refractivity (Wildman–Crippen MR) is 140 cm³/mol. The van der Waals surface area contributed by atoms with Crippen LogP contribution in [0.2, 0.25) is 0 Å². The molecule has 0 atom stereocenters. The number of carbonyl (C=O) groups is 1. The molecule has 0 aliphatic rings. The van der Waals surface area contributed by atoms with E-state index in [0.717, 1.165) is 17.1 Å².